The second-order valence-corrected chi connectivity index (χ2v) is 3.18. The normalized spacial score (nSPS) is 12.5. The summed E-state index contributed by atoms with van der Waals surface area (Å²) in [6, 6.07) is 8.15. The molecule has 0 saturated heterocycles. The van der Waals surface area contributed by atoms with Crippen LogP contribution in [0.1, 0.15) is 18.5 Å². The van der Waals surface area contributed by atoms with Gasteiger partial charge in [0.15, 0.2) is 0 Å². The molecule has 0 radical (unpaired) electrons. The van der Waals surface area contributed by atoms with Crippen molar-refractivity contribution in [2.45, 2.75) is 13.0 Å². The van der Waals surface area contributed by atoms with Crippen LogP contribution in [-0.2, 0) is 0 Å². The van der Waals surface area contributed by atoms with Gasteiger partial charge in [-0.05, 0) is 24.6 Å². The van der Waals surface area contributed by atoms with Gasteiger partial charge in [0, 0.05) is 12.6 Å². The van der Waals surface area contributed by atoms with Gasteiger partial charge in [-0.2, -0.15) is 0 Å². The van der Waals surface area contributed by atoms with E-state index in [2.05, 4.69) is 12.2 Å². The summed E-state index contributed by atoms with van der Waals surface area (Å²) in [5.74, 6) is 0.861. The molecule has 0 aliphatic rings. The molecule has 14 heavy (non-hydrogen) atoms. The second-order valence-electron chi connectivity index (χ2n) is 3.18. The van der Waals surface area contributed by atoms with Crippen LogP contribution in [0.25, 0.3) is 0 Å². The molecule has 0 aliphatic heterocycles. The van der Waals surface area contributed by atoms with E-state index in [0.717, 1.165) is 11.3 Å². The first-order valence-corrected chi connectivity index (χ1v) is 4.76. The van der Waals surface area contributed by atoms with Gasteiger partial charge in [0.1, 0.15) is 5.75 Å². The number of aliphatic hydroxyl groups is 1. The first-order chi connectivity index (χ1) is 6.77. The van der Waals surface area contributed by atoms with Crippen molar-refractivity contribution in [1.82, 2.24) is 5.32 Å². The van der Waals surface area contributed by atoms with Gasteiger partial charge in [-0.3, -0.25) is 0 Å². The van der Waals surface area contributed by atoms with Crippen LogP contribution in [-0.4, -0.2) is 25.4 Å². The number of benzene rings is 1. The van der Waals surface area contributed by atoms with Crippen LogP contribution in [0.4, 0.5) is 0 Å². The Hall–Kier alpha value is -1.06. The first kappa shape index (κ1) is 11.0. The maximum atomic E-state index is 8.68. The van der Waals surface area contributed by atoms with E-state index in [1.165, 1.54) is 0 Å². The van der Waals surface area contributed by atoms with Crippen molar-refractivity contribution in [2.24, 2.45) is 0 Å². The summed E-state index contributed by atoms with van der Waals surface area (Å²) >= 11 is 0. The Bertz CT molecular complexity index is 276. The fourth-order valence-corrected chi connectivity index (χ4v) is 1.31. The highest BCUT2D eigenvalue weighted by molar-refractivity contribution is 5.30. The van der Waals surface area contributed by atoms with Crippen LogP contribution >= 0.6 is 0 Å². The lowest BCUT2D eigenvalue weighted by Gasteiger charge is -2.13. The van der Waals surface area contributed by atoms with Crippen molar-refractivity contribution in [2.75, 3.05) is 20.3 Å². The Balaban J connectivity index is 2.64. The SMILES string of the molecule is COc1cccc([C@H](C)NCCO)c1. The van der Waals surface area contributed by atoms with Crippen molar-refractivity contribution in [1.29, 1.82) is 0 Å². The summed E-state index contributed by atoms with van der Waals surface area (Å²) in [6.45, 7) is 2.83. The largest absolute Gasteiger partial charge is 0.497 e. The molecule has 1 aromatic rings. The van der Waals surface area contributed by atoms with E-state index in [1.807, 2.05) is 24.3 Å². The lowest BCUT2D eigenvalue weighted by atomic mass is 10.1. The minimum atomic E-state index is 0.161. The average molecular weight is 195 g/mol. The predicted octanol–water partition coefficient (Wildman–Crippen LogP) is 1.34. The zero-order valence-corrected chi connectivity index (χ0v) is 8.66. The summed E-state index contributed by atoms with van der Waals surface area (Å²) in [7, 11) is 1.66. The summed E-state index contributed by atoms with van der Waals surface area (Å²) in [5, 5.41) is 11.9. The molecule has 0 saturated carbocycles. The molecule has 78 valence electrons. The molecule has 0 unspecified atom stereocenters. The van der Waals surface area contributed by atoms with Gasteiger partial charge < -0.3 is 15.2 Å². The number of hydrogen-bond donors (Lipinski definition) is 2. The van der Waals surface area contributed by atoms with Crippen molar-refractivity contribution >= 4 is 0 Å². The Morgan fingerprint density at radius 2 is 2.29 bits per heavy atom. The summed E-state index contributed by atoms with van der Waals surface area (Å²) in [5.41, 5.74) is 1.16. The predicted molar refractivity (Wildman–Crippen MR) is 56.5 cm³/mol. The monoisotopic (exact) mass is 195 g/mol. The third-order valence-corrected chi connectivity index (χ3v) is 2.16. The van der Waals surface area contributed by atoms with Crippen molar-refractivity contribution in [3.05, 3.63) is 29.8 Å². The molecule has 0 aromatic heterocycles. The number of methoxy groups -OCH3 is 1. The highest BCUT2D eigenvalue weighted by Gasteiger charge is 2.04. The zero-order valence-electron chi connectivity index (χ0n) is 8.66. The topological polar surface area (TPSA) is 41.5 Å². The average Bonchev–Trinajstić information content (AvgIpc) is 2.26. The van der Waals surface area contributed by atoms with Crippen molar-refractivity contribution < 1.29 is 9.84 Å². The molecule has 1 aromatic carbocycles. The van der Waals surface area contributed by atoms with Gasteiger partial charge >= 0.3 is 0 Å². The first-order valence-electron chi connectivity index (χ1n) is 4.76. The van der Waals surface area contributed by atoms with Crippen LogP contribution in [0.2, 0.25) is 0 Å². The van der Waals surface area contributed by atoms with Crippen LogP contribution in [0.3, 0.4) is 0 Å². The lowest BCUT2D eigenvalue weighted by Crippen LogP contribution is -2.21. The van der Waals surface area contributed by atoms with E-state index in [0.29, 0.717) is 6.54 Å². The molecule has 1 rings (SSSR count). The molecule has 3 nitrogen and oxygen atoms in total. The Morgan fingerprint density at radius 1 is 1.50 bits per heavy atom. The third kappa shape index (κ3) is 3.01. The quantitative estimate of drug-likeness (QED) is 0.745. The maximum Gasteiger partial charge on any atom is 0.119 e. The van der Waals surface area contributed by atoms with Crippen LogP contribution in [0.15, 0.2) is 24.3 Å². The number of hydrogen-bond acceptors (Lipinski definition) is 3. The number of nitrogens with one attached hydrogen (secondary N) is 1. The maximum absolute atomic E-state index is 8.68. The molecule has 1 atom stereocenters. The highest BCUT2D eigenvalue weighted by Crippen LogP contribution is 2.18. The van der Waals surface area contributed by atoms with Crippen LogP contribution < -0.4 is 10.1 Å². The molecule has 0 bridgehead atoms. The minimum absolute atomic E-state index is 0.161. The Kier molecular flexibility index (Phi) is 4.43. The molecule has 0 aliphatic carbocycles. The summed E-state index contributed by atoms with van der Waals surface area (Å²) in [4.78, 5) is 0. The smallest absolute Gasteiger partial charge is 0.119 e. The van der Waals surface area contributed by atoms with Gasteiger partial charge in [-0.15, -0.1) is 0 Å². The summed E-state index contributed by atoms with van der Waals surface area (Å²) in [6.07, 6.45) is 0. The number of rotatable bonds is 5. The standard InChI is InChI=1S/C11H17NO2/c1-9(12-6-7-13)10-4-3-5-11(8-10)14-2/h3-5,8-9,12-13H,6-7H2,1-2H3/t9-/m0/s1. The van der Waals surface area contributed by atoms with Crippen molar-refractivity contribution in [3.8, 4) is 5.75 Å². The minimum Gasteiger partial charge on any atom is -0.497 e. The van der Waals surface area contributed by atoms with Gasteiger partial charge in [0.25, 0.3) is 0 Å². The molecule has 0 spiro atoms. The number of aliphatic hydroxyl groups excluding tert-OH is 1. The zero-order chi connectivity index (χ0) is 10.4. The Labute approximate surface area is 84.7 Å². The van der Waals surface area contributed by atoms with Gasteiger partial charge in [-0.1, -0.05) is 12.1 Å². The molecule has 0 heterocycles. The Morgan fingerprint density at radius 3 is 2.93 bits per heavy atom. The fourth-order valence-electron chi connectivity index (χ4n) is 1.31. The van der Waals surface area contributed by atoms with E-state index in [9.17, 15) is 0 Å². The number of ether oxygens (including phenoxy) is 1. The lowest BCUT2D eigenvalue weighted by molar-refractivity contribution is 0.286. The summed E-state index contributed by atoms with van der Waals surface area (Å²) < 4.78 is 5.13. The van der Waals surface area contributed by atoms with Gasteiger partial charge in [0.05, 0.1) is 13.7 Å². The molecule has 2 N–H and O–H groups in total. The van der Waals surface area contributed by atoms with E-state index in [4.69, 9.17) is 9.84 Å². The molecular weight excluding hydrogens is 178 g/mol. The second kappa shape index (κ2) is 5.62. The molecule has 3 heteroatoms. The van der Waals surface area contributed by atoms with Crippen molar-refractivity contribution in [3.63, 3.8) is 0 Å². The van der Waals surface area contributed by atoms with Gasteiger partial charge in [0.2, 0.25) is 0 Å². The van der Waals surface area contributed by atoms with Crippen LogP contribution in [0, 0.1) is 0 Å². The van der Waals surface area contributed by atoms with E-state index in [-0.39, 0.29) is 12.6 Å². The van der Waals surface area contributed by atoms with E-state index in [1.54, 1.807) is 7.11 Å². The van der Waals surface area contributed by atoms with E-state index < -0.39 is 0 Å². The highest BCUT2D eigenvalue weighted by atomic mass is 16.5. The van der Waals surface area contributed by atoms with Gasteiger partial charge in [-0.25, -0.2) is 0 Å². The molecule has 0 fully saturated rings. The molecule has 0 amide bonds. The fraction of sp³-hybridized carbons (Fsp3) is 0.455. The van der Waals surface area contributed by atoms with Crippen LogP contribution in [0.5, 0.6) is 5.75 Å². The molecular formula is C11H17NO2. The van der Waals surface area contributed by atoms with E-state index >= 15 is 0 Å². The third-order valence-electron chi connectivity index (χ3n) is 2.16.